The van der Waals surface area contributed by atoms with Gasteiger partial charge in [-0.3, -0.25) is 19.4 Å². The lowest BCUT2D eigenvalue weighted by Crippen LogP contribution is -2.49. The number of amides is 3. The Balaban J connectivity index is 1.33. The van der Waals surface area contributed by atoms with E-state index < -0.39 is 35.7 Å². The first-order valence-corrected chi connectivity index (χ1v) is 15.0. The quantitative estimate of drug-likeness (QED) is 0.257. The highest BCUT2D eigenvalue weighted by Gasteiger charge is 2.42. The largest absolute Gasteiger partial charge is 0.478 e. The van der Waals surface area contributed by atoms with Gasteiger partial charge in [0.15, 0.2) is 5.82 Å². The van der Waals surface area contributed by atoms with Gasteiger partial charge in [-0.2, -0.15) is 0 Å². The molecule has 3 heterocycles. The fraction of sp³-hybridized carbons (Fsp3) is 0.176. The third-order valence-corrected chi connectivity index (χ3v) is 8.38. The van der Waals surface area contributed by atoms with Crippen molar-refractivity contribution in [2.45, 2.75) is 25.0 Å². The fourth-order valence-corrected chi connectivity index (χ4v) is 5.94. The third kappa shape index (κ3) is 6.15. The van der Waals surface area contributed by atoms with Gasteiger partial charge in [0.1, 0.15) is 11.7 Å². The van der Waals surface area contributed by atoms with E-state index in [2.05, 4.69) is 20.8 Å². The van der Waals surface area contributed by atoms with E-state index in [1.54, 1.807) is 36.5 Å². The Morgan fingerprint density at radius 2 is 1.74 bits per heavy atom. The normalized spacial score (nSPS) is 16.8. The number of oxime groups is 1. The molecule has 0 saturated heterocycles. The number of carbonyl (C=O) groups is 4. The molecule has 2 unspecified atom stereocenters. The molecule has 1 aromatic heterocycles. The van der Waals surface area contributed by atoms with Crippen molar-refractivity contribution in [1.82, 2.24) is 15.2 Å². The molecule has 3 amide bonds. The first-order valence-electron chi connectivity index (χ1n) is 14.6. The predicted molar refractivity (Wildman–Crippen MR) is 171 cm³/mol. The van der Waals surface area contributed by atoms with Gasteiger partial charge in [-0.1, -0.05) is 47.1 Å². The van der Waals surface area contributed by atoms with Crippen molar-refractivity contribution in [3.63, 3.8) is 0 Å². The minimum absolute atomic E-state index is 0.0339. The summed E-state index contributed by atoms with van der Waals surface area (Å²) in [5.41, 5.74) is 3.87. The number of nitrogens with one attached hydrogen (secondary N) is 2. The summed E-state index contributed by atoms with van der Waals surface area (Å²) in [6.45, 7) is 0.142. The van der Waals surface area contributed by atoms with E-state index in [9.17, 15) is 28.7 Å². The summed E-state index contributed by atoms with van der Waals surface area (Å²) in [7, 11) is 1.52. The maximum absolute atomic E-state index is 14.7. The molecule has 2 aliphatic heterocycles. The predicted octanol–water partition coefficient (Wildman–Crippen LogP) is 4.86. The highest BCUT2D eigenvalue weighted by atomic mass is 35.5. The van der Waals surface area contributed by atoms with Gasteiger partial charge in [0.05, 0.1) is 16.3 Å². The lowest BCUT2D eigenvalue weighted by molar-refractivity contribution is -0.148. The van der Waals surface area contributed by atoms with Crippen LogP contribution in [-0.2, 0) is 20.8 Å². The first kappa shape index (κ1) is 31.4. The molecule has 0 aliphatic carbocycles. The highest BCUT2D eigenvalue weighted by molar-refractivity contribution is 6.31. The van der Waals surface area contributed by atoms with Crippen LogP contribution in [0, 0.1) is 5.82 Å². The van der Waals surface area contributed by atoms with Gasteiger partial charge in [-0.25, -0.2) is 9.18 Å². The summed E-state index contributed by atoms with van der Waals surface area (Å²) in [6, 6.07) is 17.8. The summed E-state index contributed by atoms with van der Waals surface area (Å²) in [5, 5.41) is 18.5. The van der Waals surface area contributed by atoms with Crippen molar-refractivity contribution in [2.75, 3.05) is 18.9 Å². The van der Waals surface area contributed by atoms with E-state index in [0.717, 1.165) is 16.7 Å². The number of halogens is 2. The number of carbonyl (C=O) groups excluding carboxylic acids is 3. The Labute approximate surface area is 273 Å². The van der Waals surface area contributed by atoms with E-state index in [1.807, 2.05) is 6.07 Å². The number of anilines is 1. The molecule has 0 saturated carbocycles. The lowest BCUT2D eigenvalue weighted by Gasteiger charge is -2.38. The number of carboxylic acid groups (broad SMARTS) is 1. The molecular weight excluding hydrogens is 629 g/mol. The number of benzene rings is 3. The smallest absolute Gasteiger partial charge is 0.335 e. The second-order valence-electron chi connectivity index (χ2n) is 10.9. The average Bonchev–Trinajstić information content (AvgIpc) is 3.58. The topological polar surface area (TPSA) is 150 Å². The minimum atomic E-state index is -1.11. The molecule has 47 heavy (non-hydrogen) atoms. The van der Waals surface area contributed by atoms with Crippen molar-refractivity contribution in [1.29, 1.82) is 0 Å². The van der Waals surface area contributed by atoms with Crippen LogP contribution in [0.2, 0.25) is 5.02 Å². The molecule has 2 aliphatic rings. The van der Waals surface area contributed by atoms with Gasteiger partial charge in [-0.05, 0) is 65.6 Å². The molecule has 2 atom stereocenters. The number of fused-ring (bicyclic) bond motifs is 1. The molecule has 3 N–H and O–H groups in total. The van der Waals surface area contributed by atoms with Crippen LogP contribution >= 0.6 is 11.6 Å². The van der Waals surface area contributed by atoms with Crippen molar-refractivity contribution in [2.24, 2.45) is 5.16 Å². The van der Waals surface area contributed by atoms with E-state index in [4.69, 9.17) is 16.4 Å². The maximum Gasteiger partial charge on any atom is 0.335 e. The molecule has 238 valence electrons. The zero-order chi connectivity index (χ0) is 33.2. The third-order valence-electron chi connectivity index (χ3n) is 8.09. The summed E-state index contributed by atoms with van der Waals surface area (Å²) < 4.78 is 14.7. The Hall–Kier alpha value is -5.62. The van der Waals surface area contributed by atoms with Gasteiger partial charge in [-0.15, -0.1) is 0 Å². The van der Waals surface area contributed by atoms with Crippen molar-refractivity contribution in [3.8, 4) is 11.1 Å². The second kappa shape index (κ2) is 13.0. The van der Waals surface area contributed by atoms with Gasteiger partial charge in [0, 0.05) is 43.0 Å². The number of hydrogen-bond donors (Lipinski definition) is 3. The number of pyridine rings is 1. The van der Waals surface area contributed by atoms with Crippen LogP contribution in [0.1, 0.15) is 50.0 Å². The summed E-state index contributed by atoms with van der Waals surface area (Å²) in [4.78, 5) is 62.6. The average molecular weight is 656 g/mol. The lowest BCUT2D eigenvalue weighted by atomic mass is 9.86. The standard InChI is InChI=1S/C34H27ClFN5O6/c1-37-31(42)26-13-10-19(17-38-26)21-4-2-5-23-22(21)14-15-41(30(23)32(43)39-20-11-8-18(9-12-20)34(45)46)33(44)28-16-27(40-47-28)24-6-3-7-25(35)29(24)36/h2-13,17,28,30H,14-16H2,1H3,(H,37,42)(H,39,43)(H,45,46). The Kier molecular flexibility index (Phi) is 8.68. The van der Waals surface area contributed by atoms with E-state index >= 15 is 0 Å². The van der Waals surface area contributed by atoms with Crippen LogP contribution in [-0.4, -0.2) is 64.1 Å². The highest BCUT2D eigenvalue weighted by Crippen LogP contribution is 2.38. The van der Waals surface area contributed by atoms with Crippen LogP contribution < -0.4 is 10.6 Å². The van der Waals surface area contributed by atoms with E-state index in [0.29, 0.717) is 17.7 Å². The summed E-state index contributed by atoms with van der Waals surface area (Å²) in [5.74, 6) is -3.16. The number of rotatable bonds is 7. The summed E-state index contributed by atoms with van der Waals surface area (Å²) in [6.07, 6.45) is 0.819. The number of nitrogens with zero attached hydrogens (tertiary/aromatic N) is 3. The van der Waals surface area contributed by atoms with Gasteiger partial charge in [0.2, 0.25) is 6.10 Å². The molecule has 6 rings (SSSR count). The molecule has 11 nitrogen and oxygen atoms in total. The van der Waals surface area contributed by atoms with Crippen molar-refractivity contribution < 1.29 is 33.5 Å². The maximum atomic E-state index is 14.7. The zero-order valence-electron chi connectivity index (χ0n) is 24.9. The van der Waals surface area contributed by atoms with Crippen LogP contribution in [0.4, 0.5) is 10.1 Å². The van der Waals surface area contributed by atoms with Gasteiger partial charge in [0.25, 0.3) is 17.7 Å². The molecule has 3 aromatic carbocycles. The molecule has 0 bridgehead atoms. The zero-order valence-corrected chi connectivity index (χ0v) is 25.6. The number of hydrogen-bond acceptors (Lipinski definition) is 7. The van der Waals surface area contributed by atoms with Crippen LogP contribution in [0.15, 0.2) is 84.1 Å². The summed E-state index contributed by atoms with van der Waals surface area (Å²) >= 11 is 5.95. The van der Waals surface area contributed by atoms with Crippen LogP contribution in [0.5, 0.6) is 0 Å². The Morgan fingerprint density at radius 1 is 1.00 bits per heavy atom. The Morgan fingerprint density at radius 3 is 2.45 bits per heavy atom. The second-order valence-corrected chi connectivity index (χ2v) is 11.3. The molecule has 0 fully saturated rings. The van der Waals surface area contributed by atoms with E-state index in [1.165, 1.54) is 48.3 Å². The first-order chi connectivity index (χ1) is 22.7. The number of aromatic nitrogens is 1. The molecule has 13 heteroatoms. The molecular formula is C34H27ClFN5O6. The van der Waals surface area contributed by atoms with Crippen LogP contribution in [0.3, 0.4) is 0 Å². The molecule has 0 spiro atoms. The monoisotopic (exact) mass is 655 g/mol. The number of aromatic carboxylic acids is 1. The fourth-order valence-electron chi connectivity index (χ4n) is 5.76. The van der Waals surface area contributed by atoms with Crippen molar-refractivity contribution in [3.05, 3.63) is 118 Å². The molecule has 4 aromatic rings. The van der Waals surface area contributed by atoms with Crippen molar-refractivity contribution >= 4 is 46.7 Å². The molecule has 0 radical (unpaired) electrons. The Bertz CT molecular complexity index is 1930. The van der Waals surface area contributed by atoms with Crippen LogP contribution in [0.25, 0.3) is 11.1 Å². The van der Waals surface area contributed by atoms with E-state index in [-0.39, 0.29) is 46.4 Å². The minimum Gasteiger partial charge on any atom is -0.478 e. The van der Waals surface area contributed by atoms with Gasteiger partial charge >= 0.3 is 5.97 Å². The van der Waals surface area contributed by atoms with Gasteiger partial charge < -0.3 is 25.5 Å². The number of carboxylic acids is 1. The SMILES string of the molecule is CNC(=O)c1ccc(-c2cccc3c2CCN(C(=O)C2CC(c4cccc(Cl)c4F)=NO2)C3C(=O)Nc2ccc(C(=O)O)cc2)cn1.